The van der Waals surface area contributed by atoms with Crippen molar-refractivity contribution >= 4 is 15.7 Å². The number of hydrogen-bond donors (Lipinski definition) is 0. The summed E-state index contributed by atoms with van der Waals surface area (Å²) in [5.74, 6) is 0.634. The molecular weight excluding hydrogens is 304 g/mol. The van der Waals surface area contributed by atoms with E-state index < -0.39 is 9.84 Å². The van der Waals surface area contributed by atoms with Gasteiger partial charge in [-0.15, -0.1) is 0 Å². The molecule has 3 heterocycles. The Balaban J connectivity index is 1.75. The number of pyridine rings is 1. The van der Waals surface area contributed by atoms with Crippen LogP contribution in [0.2, 0.25) is 0 Å². The van der Waals surface area contributed by atoms with E-state index in [0.717, 1.165) is 0 Å². The van der Waals surface area contributed by atoms with E-state index in [2.05, 4.69) is 9.97 Å². The first-order chi connectivity index (χ1) is 10.5. The molecule has 7 nitrogen and oxygen atoms in total. The maximum atomic E-state index is 12.4. The van der Waals surface area contributed by atoms with E-state index in [4.69, 9.17) is 0 Å². The first kappa shape index (κ1) is 14.7. The van der Waals surface area contributed by atoms with E-state index in [9.17, 15) is 13.2 Å². The summed E-state index contributed by atoms with van der Waals surface area (Å²) in [6.45, 7) is 0. The molecular formula is C14H16N4O3S. The van der Waals surface area contributed by atoms with Gasteiger partial charge in [0.25, 0.3) is 5.91 Å². The number of carbonyl (C=O) groups is 1. The second-order valence-electron chi connectivity index (χ2n) is 5.35. The van der Waals surface area contributed by atoms with Crippen molar-refractivity contribution < 1.29 is 13.2 Å². The molecule has 1 fully saturated rings. The lowest BCUT2D eigenvalue weighted by Gasteiger charge is -2.23. The maximum absolute atomic E-state index is 12.4. The van der Waals surface area contributed by atoms with Crippen LogP contribution in [0.1, 0.15) is 16.8 Å². The molecule has 22 heavy (non-hydrogen) atoms. The molecule has 0 aromatic carbocycles. The zero-order valence-corrected chi connectivity index (χ0v) is 12.9. The summed E-state index contributed by atoms with van der Waals surface area (Å²) in [6, 6.07) is 3.16. The van der Waals surface area contributed by atoms with E-state index in [-0.39, 0.29) is 23.5 Å². The highest BCUT2D eigenvalue weighted by Gasteiger charge is 2.33. The van der Waals surface area contributed by atoms with Crippen LogP contribution >= 0.6 is 0 Å². The minimum absolute atomic E-state index is 0.0375. The van der Waals surface area contributed by atoms with Crippen LogP contribution in [0.4, 0.5) is 0 Å². The third-order valence-electron chi connectivity index (χ3n) is 3.84. The van der Waals surface area contributed by atoms with Crippen molar-refractivity contribution in [2.24, 2.45) is 0 Å². The normalized spacial score (nSPS) is 20.0. The number of aromatic nitrogens is 3. The first-order valence-corrected chi connectivity index (χ1v) is 8.70. The van der Waals surface area contributed by atoms with Crippen molar-refractivity contribution in [2.45, 2.75) is 12.5 Å². The van der Waals surface area contributed by atoms with Crippen LogP contribution in [0.5, 0.6) is 0 Å². The Labute approximate surface area is 128 Å². The van der Waals surface area contributed by atoms with Gasteiger partial charge in [-0.3, -0.25) is 9.36 Å². The Hall–Kier alpha value is -2.22. The second-order valence-corrected chi connectivity index (χ2v) is 7.58. The van der Waals surface area contributed by atoms with Gasteiger partial charge in [0, 0.05) is 31.7 Å². The molecule has 1 aliphatic rings. The van der Waals surface area contributed by atoms with Crippen LogP contribution in [0.25, 0.3) is 5.82 Å². The fourth-order valence-electron chi connectivity index (χ4n) is 2.51. The Morgan fingerprint density at radius 3 is 2.77 bits per heavy atom. The second kappa shape index (κ2) is 5.53. The molecule has 0 radical (unpaired) electrons. The summed E-state index contributed by atoms with van der Waals surface area (Å²) >= 11 is 0. The summed E-state index contributed by atoms with van der Waals surface area (Å²) in [6.07, 6.45) is 7.02. The number of hydrogen-bond acceptors (Lipinski definition) is 5. The van der Waals surface area contributed by atoms with Gasteiger partial charge in [0.2, 0.25) is 0 Å². The molecule has 1 aliphatic heterocycles. The van der Waals surface area contributed by atoms with Gasteiger partial charge < -0.3 is 4.90 Å². The predicted octanol–water partition coefficient (Wildman–Crippen LogP) is 0.526. The van der Waals surface area contributed by atoms with Gasteiger partial charge in [-0.1, -0.05) is 0 Å². The van der Waals surface area contributed by atoms with Crippen molar-refractivity contribution in [3.05, 3.63) is 42.6 Å². The summed E-state index contributed by atoms with van der Waals surface area (Å²) in [5, 5.41) is 0. The summed E-state index contributed by atoms with van der Waals surface area (Å²) in [5.41, 5.74) is 0.440. The molecule has 8 heteroatoms. The highest BCUT2D eigenvalue weighted by atomic mass is 32.2. The lowest BCUT2D eigenvalue weighted by Crippen LogP contribution is -2.37. The fraction of sp³-hybridized carbons (Fsp3) is 0.357. The molecule has 0 spiro atoms. The molecule has 2 aromatic heterocycles. The summed E-state index contributed by atoms with van der Waals surface area (Å²) in [4.78, 5) is 22.1. The van der Waals surface area contributed by atoms with Crippen LogP contribution in [0.3, 0.4) is 0 Å². The number of rotatable bonds is 3. The summed E-state index contributed by atoms with van der Waals surface area (Å²) in [7, 11) is -1.38. The lowest BCUT2D eigenvalue weighted by atomic mass is 10.2. The van der Waals surface area contributed by atoms with Crippen molar-refractivity contribution in [2.75, 3.05) is 18.6 Å². The topological polar surface area (TPSA) is 85.2 Å². The van der Waals surface area contributed by atoms with Crippen LogP contribution in [0, 0.1) is 0 Å². The van der Waals surface area contributed by atoms with Gasteiger partial charge in [0.05, 0.1) is 17.1 Å². The number of amides is 1. The van der Waals surface area contributed by atoms with E-state index in [1.54, 1.807) is 42.5 Å². The van der Waals surface area contributed by atoms with Crippen LogP contribution in [0.15, 0.2) is 37.1 Å². The zero-order chi connectivity index (χ0) is 15.7. The molecule has 3 rings (SSSR count). The Bertz CT molecular complexity index is 769. The SMILES string of the molecule is CN(C(=O)c1ccc(-n2ccnc2)nc1)[C@H]1CCS(=O)(=O)C1. The van der Waals surface area contributed by atoms with Gasteiger partial charge in [0.15, 0.2) is 9.84 Å². The monoisotopic (exact) mass is 320 g/mol. The van der Waals surface area contributed by atoms with E-state index in [1.807, 2.05) is 0 Å². The van der Waals surface area contributed by atoms with Gasteiger partial charge in [-0.25, -0.2) is 18.4 Å². The average Bonchev–Trinajstić information content (AvgIpc) is 3.15. The molecule has 116 valence electrons. The maximum Gasteiger partial charge on any atom is 0.255 e. The number of sulfone groups is 1. The quantitative estimate of drug-likeness (QED) is 0.823. The molecule has 1 atom stereocenters. The molecule has 0 N–H and O–H groups in total. The third kappa shape index (κ3) is 2.87. The zero-order valence-electron chi connectivity index (χ0n) is 12.1. The number of imidazole rings is 1. The van der Waals surface area contributed by atoms with Crippen molar-refractivity contribution in [3.63, 3.8) is 0 Å². The molecule has 0 aliphatic carbocycles. The predicted molar refractivity (Wildman–Crippen MR) is 80.5 cm³/mol. The Morgan fingerprint density at radius 2 is 2.23 bits per heavy atom. The third-order valence-corrected chi connectivity index (χ3v) is 5.59. The van der Waals surface area contributed by atoms with E-state index >= 15 is 0 Å². The highest BCUT2D eigenvalue weighted by molar-refractivity contribution is 7.91. The van der Waals surface area contributed by atoms with E-state index in [1.165, 1.54) is 11.1 Å². The molecule has 0 bridgehead atoms. The van der Waals surface area contributed by atoms with Crippen molar-refractivity contribution in [1.29, 1.82) is 0 Å². The standard InChI is InChI=1S/C14H16N4O3S/c1-17(12-4-7-22(20,21)9-12)14(19)11-2-3-13(16-8-11)18-6-5-15-10-18/h2-3,5-6,8,10,12H,4,7,9H2,1H3/t12-/m0/s1. The fourth-order valence-corrected chi connectivity index (χ4v) is 4.28. The summed E-state index contributed by atoms with van der Waals surface area (Å²) < 4.78 is 24.8. The molecule has 1 amide bonds. The molecule has 0 saturated carbocycles. The largest absolute Gasteiger partial charge is 0.338 e. The Kier molecular flexibility index (Phi) is 3.69. The van der Waals surface area contributed by atoms with Crippen molar-refractivity contribution in [1.82, 2.24) is 19.4 Å². The molecule has 1 saturated heterocycles. The van der Waals surface area contributed by atoms with Crippen molar-refractivity contribution in [3.8, 4) is 5.82 Å². The van der Waals surface area contributed by atoms with E-state index in [0.29, 0.717) is 17.8 Å². The van der Waals surface area contributed by atoms with Crippen LogP contribution in [-0.2, 0) is 9.84 Å². The number of carbonyl (C=O) groups excluding carboxylic acids is 1. The minimum Gasteiger partial charge on any atom is -0.338 e. The minimum atomic E-state index is -3.01. The average molecular weight is 320 g/mol. The van der Waals surface area contributed by atoms with Gasteiger partial charge >= 0.3 is 0 Å². The van der Waals surface area contributed by atoms with Crippen LogP contribution < -0.4 is 0 Å². The van der Waals surface area contributed by atoms with Gasteiger partial charge in [0.1, 0.15) is 12.1 Å². The van der Waals surface area contributed by atoms with Gasteiger partial charge in [-0.05, 0) is 18.6 Å². The smallest absolute Gasteiger partial charge is 0.255 e. The van der Waals surface area contributed by atoms with Gasteiger partial charge in [-0.2, -0.15) is 0 Å². The molecule has 0 unspecified atom stereocenters. The number of nitrogens with zero attached hydrogens (tertiary/aromatic N) is 4. The molecule has 2 aromatic rings. The Morgan fingerprint density at radius 1 is 1.41 bits per heavy atom. The lowest BCUT2D eigenvalue weighted by molar-refractivity contribution is 0.0747. The van der Waals surface area contributed by atoms with Crippen LogP contribution in [-0.4, -0.2) is 58.4 Å². The first-order valence-electron chi connectivity index (χ1n) is 6.88. The highest BCUT2D eigenvalue weighted by Crippen LogP contribution is 2.18.